The Hall–Kier alpha value is -1.61. The fourth-order valence-corrected chi connectivity index (χ4v) is 1.23. The Morgan fingerprint density at radius 1 is 1.44 bits per heavy atom. The largest absolute Gasteiger partial charge is 0.464 e. The maximum Gasteiger partial charge on any atom is 0.335 e. The van der Waals surface area contributed by atoms with Gasteiger partial charge in [-0.25, -0.2) is 4.79 Å². The first-order valence-electron chi connectivity index (χ1n) is 5.30. The lowest BCUT2D eigenvalue weighted by molar-refractivity contribution is -0.152. The average Bonchev–Trinajstić information content (AvgIpc) is 2.30. The smallest absolute Gasteiger partial charge is 0.335 e. The highest BCUT2D eigenvalue weighted by Gasteiger charge is 2.13. The van der Waals surface area contributed by atoms with Gasteiger partial charge < -0.3 is 9.84 Å². The highest BCUT2D eigenvalue weighted by atomic mass is 16.5. The zero-order valence-corrected chi connectivity index (χ0v) is 9.30. The van der Waals surface area contributed by atoms with E-state index in [0.29, 0.717) is 0 Å². The van der Waals surface area contributed by atoms with Gasteiger partial charge in [-0.2, -0.15) is 0 Å². The predicted octanol–water partition coefficient (Wildman–Crippen LogP) is 2.01. The maximum atomic E-state index is 11.1. The van der Waals surface area contributed by atoms with E-state index in [-0.39, 0.29) is 13.0 Å². The summed E-state index contributed by atoms with van der Waals surface area (Å²) in [6.45, 7) is 2.00. The molecule has 0 amide bonds. The summed E-state index contributed by atoms with van der Waals surface area (Å²) in [5, 5.41) is 9.40. The summed E-state index contributed by atoms with van der Waals surface area (Å²) in [4.78, 5) is 11.1. The van der Waals surface area contributed by atoms with Crippen LogP contribution in [0.4, 0.5) is 0 Å². The number of rotatable bonds is 5. The van der Waals surface area contributed by atoms with Gasteiger partial charge in [0.15, 0.2) is 6.10 Å². The van der Waals surface area contributed by atoms with Crippen LogP contribution in [0.2, 0.25) is 0 Å². The first-order chi connectivity index (χ1) is 7.74. The molecule has 1 atom stereocenters. The number of ether oxygens (including phenoxy) is 1. The van der Waals surface area contributed by atoms with Crippen LogP contribution >= 0.6 is 0 Å². The van der Waals surface area contributed by atoms with Gasteiger partial charge in [-0.3, -0.25) is 0 Å². The van der Waals surface area contributed by atoms with E-state index in [0.717, 1.165) is 5.56 Å². The summed E-state index contributed by atoms with van der Waals surface area (Å²) < 4.78 is 4.68. The second-order valence-electron chi connectivity index (χ2n) is 3.32. The van der Waals surface area contributed by atoms with Crippen molar-refractivity contribution >= 4 is 12.0 Å². The van der Waals surface area contributed by atoms with Gasteiger partial charge >= 0.3 is 5.97 Å². The van der Waals surface area contributed by atoms with E-state index in [4.69, 9.17) is 0 Å². The fourth-order valence-electron chi connectivity index (χ4n) is 1.23. The highest BCUT2D eigenvalue weighted by Crippen LogP contribution is 2.04. The molecule has 3 nitrogen and oxygen atoms in total. The zero-order valence-electron chi connectivity index (χ0n) is 9.30. The number of aliphatic hydroxyl groups excluding tert-OH is 1. The molecule has 86 valence electrons. The van der Waals surface area contributed by atoms with E-state index >= 15 is 0 Å². The van der Waals surface area contributed by atoms with Gasteiger partial charge in [0.2, 0.25) is 0 Å². The highest BCUT2D eigenvalue weighted by molar-refractivity contribution is 5.74. The van der Waals surface area contributed by atoms with E-state index in [1.807, 2.05) is 36.4 Å². The minimum atomic E-state index is -1.07. The molecule has 1 rings (SSSR count). The summed E-state index contributed by atoms with van der Waals surface area (Å²) in [6.07, 6.45) is 2.83. The zero-order chi connectivity index (χ0) is 11.8. The van der Waals surface area contributed by atoms with Crippen LogP contribution < -0.4 is 0 Å². The molecule has 1 N–H and O–H groups in total. The molecule has 0 aromatic heterocycles. The monoisotopic (exact) mass is 220 g/mol. The maximum absolute atomic E-state index is 11.1. The average molecular weight is 220 g/mol. The first kappa shape index (κ1) is 12.5. The first-order valence-corrected chi connectivity index (χ1v) is 5.30. The Morgan fingerprint density at radius 2 is 2.12 bits per heavy atom. The van der Waals surface area contributed by atoms with Gasteiger partial charge in [0.1, 0.15) is 0 Å². The number of carbonyl (C=O) groups excluding carboxylic acids is 1. The Balaban J connectivity index is 2.40. The summed E-state index contributed by atoms with van der Waals surface area (Å²) in [5.41, 5.74) is 1.04. The molecule has 1 unspecified atom stereocenters. The molecule has 0 saturated carbocycles. The van der Waals surface area contributed by atoms with Crippen LogP contribution in [0, 0.1) is 0 Å². The number of benzene rings is 1. The van der Waals surface area contributed by atoms with Crippen molar-refractivity contribution in [3.8, 4) is 0 Å². The van der Waals surface area contributed by atoms with Crippen LogP contribution in [-0.2, 0) is 9.53 Å². The summed E-state index contributed by atoms with van der Waals surface area (Å²) >= 11 is 0. The minimum absolute atomic E-state index is 0.272. The van der Waals surface area contributed by atoms with Gasteiger partial charge in [0.25, 0.3) is 0 Å². The molecule has 0 radical (unpaired) electrons. The van der Waals surface area contributed by atoms with E-state index in [1.54, 1.807) is 13.0 Å². The fraction of sp³-hybridized carbons (Fsp3) is 0.308. The Kier molecular flexibility index (Phi) is 5.29. The Morgan fingerprint density at radius 3 is 2.75 bits per heavy atom. The van der Waals surface area contributed by atoms with Crippen molar-refractivity contribution in [2.24, 2.45) is 0 Å². The van der Waals surface area contributed by atoms with Crippen molar-refractivity contribution < 1.29 is 14.6 Å². The van der Waals surface area contributed by atoms with Crippen LogP contribution in [0.15, 0.2) is 36.4 Å². The van der Waals surface area contributed by atoms with Crippen molar-refractivity contribution in [1.29, 1.82) is 0 Å². The molecule has 1 aromatic rings. The van der Waals surface area contributed by atoms with Crippen molar-refractivity contribution in [3.05, 3.63) is 42.0 Å². The molecule has 1 aromatic carbocycles. The molecule has 0 spiro atoms. The van der Waals surface area contributed by atoms with Gasteiger partial charge in [-0.15, -0.1) is 0 Å². The second-order valence-corrected chi connectivity index (χ2v) is 3.32. The third-order valence-electron chi connectivity index (χ3n) is 2.03. The minimum Gasteiger partial charge on any atom is -0.464 e. The lowest BCUT2D eigenvalue weighted by Gasteiger charge is -2.06. The van der Waals surface area contributed by atoms with E-state index in [9.17, 15) is 9.90 Å². The van der Waals surface area contributed by atoms with Gasteiger partial charge in [0.05, 0.1) is 6.61 Å². The summed E-state index contributed by atoms with van der Waals surface area (Å²) in [7, 11) is 0. The number of esters is 1. The van der Waals surface area contributed by atoms with Crippen LogP contribution in [0.5, 0.6) is 0 Å². The Bertz CT molecular complexity index is 343. The van der Waals surface area contributed by atoms with Crippen molar-refractivity contribution in [2.75, 3.05) is 6.61 Å². The molecular weight excluding hydrogens is 204 g/mol. The summed E-state index contributed by atoms with van der Waals surface area (Å²) in [5.74, 6) is -0.569. The molecule has 0 aliphatic heterocycles. The van der Waals surface area contributed by atoms with E-state index in [1.165, 1.54) is 0 Å². The Labute approximate surface area is 95.4 Å². The van der Waals surface area contributed by atoms with E-state index in [2.05, 4.69) is 4.74 Å². The normalized spacial score (nSPS) is 12.6. The molecule has 0 fully saturated rings. The second kappa shape index (κ2) is 6.80. The lowest BCUT2D eigenvalue weighted by Crippen LogP contribution is -2.22. The molecule has 0 aliphatic carbocycles. The number of carbonyl (C=O) groups is 1. The van der Waals surface area contributed by atoms with Crippen LogP contribution in [0.3, 0.4) is 0 Å². The molecule has 0 aliphatic rings. The summed E-state index contributed by atoms with van der Waals surface area (Å²) in [6, 6.07) is 9.70. The molecular formula is C13H16O3. The van der Waals surface area contributed by atoms with Crippen molar-refractivity contribution in [3.63, 3.8) is 0 Å². The topological polar surface area (TPSA) is 46.5 Å². The molecule has 0 heterocycles. The lowest BCUT2D eigenvalue weighted by atomic mass is 10.1. The van der Waals surface area contributed by atoms with Crippen molar-refractivity contribution in [2.45, 2.75) is 19.4 Å². The molecule has 0 saturated heterocycles. The van der Waals surface area contributed by atoms with E-state index < -0.39 is 12.1 Å². The number of aliphatic hydroxyl groups is 1. The molecule has 0 bridgehead atoms. The van der Waals surface area contributed by atoms with Crippen molar-refractivity contribution in [1.82, 2.24) is 0 Å². The molecule has 16 heavy (non-hydrogen) atoms. The number of hydrogen-bond acceptors (Lipinski definition) is 3. The van der Waals surface area contributed by atoms with Crippen LogP contribution in [-0.4, -0.2) is 23.8 Å². The number of hydrogen-bond donors (Lipinski definition) is 1. The van der Waals surface area contributed by atoms with Gasteiger partial charge in [-0.1, -0.05) is 42.5 Å². The van der Waals surface area contributed by atoms with Crippen LogP contribution in [0.25, 0.3) is 6.08 Å². The van der Waals surface area contributed by atoms with Gasteiger partial charge in [-0.05, 0) is 12.5 Å². The third kappa shape index (κ3) is 4.28. The molecule has 3 heteroatoms. The SMILES string of the molecule is CCOC(=O)C(O)CC=Cc1ccccc1. The predicted molar refractivity (Wildman–Crippen MR) is 62.7 cm³/mol. The third-order valence-corrected chi connectivity index (χ3v) is 2.03. The standard InChI is InChI=1S/C13H16O3/c1-2-16-13(15)12(14)10-6-9-11-7-4-3-5-8-11/h3-9,12,14H,2,10H2,1H3. The van der Waals surface area contributed by atoms with Crippen LogP contribution in [0.1, 0.15) is 18.9 Å². The van der Waals surface area contributed by atoms with Gasteiger partial charge in [0, 0.05) is 6.42 Å². The quantitative estimate of drug-likeness (QED) is 0.772.